The molecule has 0 radical (unpaired) electrons. The molecule has 0 aliphatic heterocycles. The second-order valence-electron chi connectivity index (χ2n) is 7.15. The van der Waals surface area contributed by atoms with Gasteiger partial charge in [-0.15, -0.1) is 11.3 Å². The Bertz CT molecular complexity index is 1140. The maximum absolute atomic E-state index is 13.4. The Kier molecular flexibility index (Phi) is 6.77. The van der Waals surface area contributed by atoms with Gasteiger partial charge in [0.1, 0.15) is 11.9 Å². The lowest BCUT2D eigenvalue weighted by Crippen LogP contribution is -2.43. The van der Waals surface area contributed by atoms with Crippen LogP contribution in [0.3, 0.4) is 0 Å². The van der Waals surface area contributed by atoms with Crippen molar-refractivity contribution in [1.29, 1.82) is 0 Å². The monoisotopic (exact) mass is 448 g/mol. The minimum Gasteiger partial charge on any atom is -0.459 e. The van der Waals surface area contributed by atoms with E-state index in [0.29, 0.717) is 5.56 Å². The van der Waals surface area contributed by atoms with Gasteiger partial charge in [0.2, 0.25) is 5.91 Å². The molecule has 0 fully saturated rings. The first-order valence-corrected chi connectivity index (χ1v) is 10.9. The van der Waals surface area contributed by atoms with E-state index in [0.717, 1.165) is 10.4 Å². The van der Waals surface area contributed by atoms with Crippen LogP contribution in [-0.2, 0) is 17.9 Å². The molecular formula is C25H21FN2O3S. The number of halogens is 1. The van der Waals surface area contributed by atoms with Crippen molar-refractivity contribution in [2.75, 3.05) is 0 Å². The second-order valence-corrected chi connectivity index (χ2v) is 8.18. The molecule has 2 amide bonds. The highest BCUT2D eigenvalue weighted by molar-refractivity contribution is 7.09. The third-order valence-corrected chi connectivity index (χ3v) is 5.82. The van der Waals surface area contributed by atoms with E-state index in [-0.39, 0.29) is 36.5 Å². The number of carbonyl (C=O) groups is 2. The summed E-state index contributed by atoms with van der Waals surface area (Å²) in [6.07, 6.45) is 1.43. The molecule has 0 unspecified atom stereocenters. The van der Waals surface area contributed by atoms with Gasteiger partial charge in [-0.25, -0.2) is 4.39 Å². The maximum atomic E-state index is 13.4. The summed E-state index contributed by atoms with van der Waals surface area (Å²) in [5, 5.41) is 4.82. The van der Waals surface area contributed by atoms with E-state index < -0.39 is 6.04 Å². The van der Waals surface area contributed by atoms with Crippen LogP contribution in [0.2, 0.25) is 0 Å². The van der Waals surface area contributed by atoms with E-state index in [1.807, 2.05) is 47.8 Å². The van der Waals surface area contributed by atoms with Crippen molar-refractivity contribution in [2.45, 2.75) is 19.1 Å². The Balaban J connectivity index is 1.66. The van der Waals surface area contributed by atoms with Crippen LogP contribution in [-0.4, -0.2) is 16.7 Å². The zero-order valence-corrected chi connectivity index (χ0v) is 17.9. The number of thiophene rings is 1. The smallest absolute Gasteiger partial charge is 0.290 e. The molecule has 0 spiro atoms. The second kappa shape index (κ2) is 10.1. The van der Waals surface area contributed by atoms with Crippen molar-refractivity contribution in [2.24, 2.45) is 0 Å². The average molecular weight is 449 g/mol. The quantitative estimate of drug-likeness (QED) is 0.404. The highest BCUT2D eigenvalue weighted by Crippen LogP contribution is 2.27. The number of hydrogen-bond donors (Lipinski definition) is 1. The van der Waals surface area contributed by atoms with Gasteiger partial charge in [0.05, 0.1) is 12.8 Å². The molecule has 32 heavy (non-hydrogen) atoms. The molecule has 4 rings (SSSR count). The first-order chi connectivity index (χ1) is 15.6. The fraction of sp³-hybridized carbons (Fsp3) is 0.120. The molecule has 0 aliphatic rings. The summed E-state index contributed by atoms with van der Waals surface area (Å²) in [5.41, 5.74) is 1.44. The van der Waals surface area contributed by atoms with Crippen LogP contribution < -0.4 is 5.32 Å². The molecule has 1 N–H and O–H groups in total. The van der Waals surface area contributed by atoms with Crippen molar-refractivity contribution in [1.82, 2.24) is 10.2 Å². The molecule has 2 aromatic carbocycles. The lowest BCUT2D eigenvalue weighted by molar-refractivity contribution is -0.126. The van der Waals surface area contributed by atoms with Gasteiger partial charge in [0.25, 0.3) is 5.91 Å². The van der Waals surface area contributed by atoms with Gasteiger partial charge in [0.15, 0.2) is 5.76 Å². The number of carbonyl (C=O) groups excluding carboxylic acids is 2. The Labute approximate surface area is 189 Å². The van der Waals surface area contributed by atoms with Gasteiger partial charge < -0.3 is 14.6 Å². The predicted molar refractivity (Wildman–Crippen MR) is 120 cm³/mol. The Morgan fingerprint density at radius 2 is 1.75 bits per heavy atom. The van der Waals surface area contributed by atoms with E-state index >= 15 is 0 Å². The molecule has 2 heterocycles. The molecule has 0 bridgehead atoms. The predicted octanol–water partition coefficient (Wildman–Crippen LogP) is 5.18. The number of furan rings is 1. The van der Waals surface area contributed by atoms with Crippen LogP contribution in [0.25, 0.3) is 0 Å². The Morgan fingerprint density at radius 1 is 0.969 bits per heavy atom. The highest BCUT2D eigenvalue weighted by atomic mass is 32.1. The summed E-state index contributed by atoms with van der Waals surface area (Å²) < 4.78 is 18.6. The zero-order valence-electron chi connectivity index (χ0n) is 17.1. The summed E-state index contributed by atoms with van der Waals surface area (Å²) in [6, 6.07) is 21.3. The van der Waals surface area contributed by atoms with Crippen LogP contribution in [0.4, 0.5) is 4.39 Å². The largest absolute Gasteiger partial charge is 0.459 e. The number of nitrogens with one attached hydrogen (secondary N) is 1. The van der Waals surface area contributed by atoms with Crippen LogP contribution in [0.15, 0.2) is 94.9 Å². The van der Waals surface area contributed by atoms with E-state index in [9.17, 15) is 14.0 Å². The lowest BCUT2D eigenvalue weighted by atomic mass is 10.0. The molecular weight excluding hydrogens is 427 g/mol. The lowest BCUT2D eigenvalue weighted by Gasteiger charge is -2.30. The molecule has 0 saturated carbocycles. The molecule has 0 aliphatic carbocycles. The number of amides is 2. The maximum Gasteiger partial charge on any atom is 0.290 e. The van der Waals surface area contributed by atoms with Crippen molar-refractivity contribution >= 4 is 23.2 Å². The standard InChI is InChI=1S/C25H21FN2O3S/c26-20-12-10-18(11-13-20)16-27-24(29)23(19-6-2-1-3-7-19)28(17-21-8-5-15-32-21)25(30)22-9-4-14-31-22/h1-15,23H,16-17H2,(H,27,29)/t23-/m1/s1. The van der Waals surface area contributed by atoms with Gasteiger partial charge in [0, 0.05) is 11.4 Å². The van der Waals surface area contributed by atoms with Crippen molar-refractivity contribution in [3.05, 3.63) is 118 Å². The first-order valence-electron chi connectivity index (χ1n) is 10.1. The van der Waals surface area contributed by atoms with Gasteiger partial charge in [-0.1, -0.05) is 48.5 Å². The third-order valence-electron chi connectivity index (χ3n) is 4.95. The van der Waals surface area contributed by atoms with Gasteiger partial charge in [-0.05, 0) is 46.8 Å². The highest BCUT2D eigenvalue weighted by Gasteiger charge is 2.33. The van der Waals surface area contributed by atoms with Crippen LogP contribution in [0, 0.1) is 5.82 Å². The van der Waals surface area contributed by atoms with Crippen molar-refractivity contribution in [3.63, 3.8) is 0 Å². The van der Waals surface area contributed by atoms with Gasteiger partial charge in [-0.2, -0.15) is 0 Å². The van der Waals surface area contributed by atoms with Gasteiger partial charge >= 0.3 is 0 Å². The zero-order chi connectivity index (χ0) is 22.3. The third kappa shape index (κ3) is 5.12. The van der Waals surface area contributed by atoms with Gasteiger partial charge in [-0.3, -0.25) is 9.59 Å². The minimum absolute atomic E-state index is 0.161. The molecule has 0 saturated heterocycles. The molecule has 7 heteroatoms. The fourth-order valence-corrected chi connectivity index (χ4v) is 4.09. The Morgan fingerprint density at radius 3 is 2.41 bits per heavy atom. The summed E-state index contributed by atoms with van der Waals surface area (Å²) in [6.45, 7) is 0.463. The van der Waals surface area contributed by atoms with E-state index in [1.165, 1.54) is 34.6 Å². The fourth-order valence-electron chi connectivity index (χ4n) is 3.39. The summed E-state index contributed by atoms with van der Waals surface area (Å²) in [7, 11) is 0. The first kappa shape index (κ1) is 21.5. The SMILES string of the molecule is O=C(NCc1ccc(F)cc1)[C@@H](c1ccccc1)N(Cc1cccs1)C(=O)c1ccco1. The summed E-state index contributed by atoms with van der Waals surface area (Å²) in [5.74, 6) is -0.895. The van der Waals surface area contributed by atoms with E-state index in [4.69, 9.17) is 4.42 Å². The van der Waals surface area contributed by atoms with Crippen LogP contribution >= 0.6 is 11.3 Å². The number of hydrogen-bond acceptors (Lipinski definition) is 4. The van der Waals surface area contributed by atoms with Crippen LogP contribution in [0.1, 0.15) is 32.6 Å². The number of nitrogens with zero attached hydrogens (tertiary/aromatic N) is 1. The minimum atomic E-state index is -0.878. The van der Waals surface area contributed by atoms with E-state index in [2.05, 4.69) is 5.32 Å². The normalized spacial score (nSPS) is 11.7. The average Bonchev–Trinajstić information content (AvgIpc) is 3.53. The topological polar surface area (TPSA) is 62.6 Å². The summed E-state index contributed by atoms with van der Waals surface area (Å²) in [4.78, 5) is 29.3. The van der Waals surface area contributed by atoms with E-state index in [1.54, 1.807) is 24.3 Å². The van der Waals surface area contributed by atoms with Crippen molar-refractivity contribution in [3.8, 4) is 0 Å². The summed E-state index contributed by atoms with van der Waals surface area (Å²) >= 11 is 1.51. The molecule has 162 valence electrons. The molecule has 2 aromatic heterocycles. The molecule has 4 aromatic rings. The molecule has 1 atom stereocenters. The Hall–Kier alpha value is -3.71. The number of rotatable bonds is 8. The molecule has 5 nitrogen and oxygen atoms in total. The number of benzene rings is 2. The van der Waals surface area contributed by atoms with Crippen molar-refractivity contribution < 1.29 is 18.4 Å². The van der Waals surface area contributed by atoms with Crippen LogP contribution in [0.5, 0.6) is 0 Å².